The summed E-state index contributed by atoms with van der Waals surface area (Å²) in [5, 5.41) is 22.7. The van der Waals surface area contributed by atoms with Gasteiger partial charge in [0.1, 0.15) is 17.6 Å². The van der Waals surface area contributed by atoms with Gasteiger partial charge in [-0.25, -0.2) is 9.59 Å². The van der Waals surface area contributed by atoms with Gasteiger partial charge >= 0.3 is 11.9 Å². The van der Waals surface area contributed by atoms with Crippen LogP contribution in [0.3, 0.4) is 0 Å². The highest BCUT2D eigenvalue weighted by molar-refractivity contribution is 7.80. The Balaban J connectivity index is 1.56. The molecule has 4 heterocycles. The molecule has 3 aromatic heterocycles. The second kappa shape index (κ2) is 9.59. The average molecular weight is 501 g/mol. The van der Waals surface area contributed by atoms with Crippen LogP contribution in [0, 0.1) is 0 Å². The average Bonchev–Trinajstić information content (AvgIpc) is 3.50. The summed E-state index contributed by atoms with van der Waals surface area (Å²) in [6, 6.07) is 17.9. The molecular formula is C26H20N4O5S. The molecule has 0 spiro atoms. The Hall–Kier alpha value is -4.57. The zero-order valence-electron chi connectivity index (χ0n) is 18.7. The van der Waals surface area contributed by atoms with Crippen LogP contribution in [0.4, 0.5) is 0 Å². The summed E-state index contributed by atoms with van der Waals surface area (Å²) in [4.78, 5) is 34.0. The number of carboxylic acid groups (broad SMARTS) is 2. The van der Waals surface area contributed by atoms with Crippen LogP contribution in [0.1, 0.15) is 49.9 Å². The van der Waals surface area contributed by atoms with Gasteiger partial charge in [0.2, 0.25) is 0 Å². The molecule has 0 radical (unpaired) electrons. The number of hydrogen-bond donors (Lipinski definition) is 3. The van der Waals surface area contributed by atoms with Gasteiger partial charge in [0.05, 0.1) is 35.1 Å². The van der Waals surface area contributed by atoms with E-state index in [1.807, 2.05) is 41.3 Å². The highest BCUT2D eigenvalue weighted by atomic mass is 32.1. The van der Waals surface area contributed by atoms with Gasteiger partial charge in [-0.15, -0.1) is 0 Å². The summed E-state index contributed by atoms with van der Waals surface area (Å²) in [5.74, 6) is -1.56. The Labute approximate surface area is 211 Å². The number of thiocarbonyl (C=S) groups is 1. The molecule has 10 heteroatoms. The number of pyridine rings is 2. The molecule has 0 bridgehead atoms. The summed E-state index contributed by atoms with van der Waals surface area (Å²) in [6.45, 7) is 0.425. The van der Waals surface area contributed by atoms with Gasteiger partial charge in [0, 0.05) is 18.0 Å². The van der Waals surface area contributed by atoms with Crippen LogP contribution in [0.5, 0.6) is 0 Å². The summed E-state index contributed by atoms with van der Waals surface area (Å²) in [5.41, 5.74) is 1.65. The fourth-order valence-electron chi connectivity index (χ4n) is 4.23. The molecular weight excluding hydrogens is 480 g/mol. The molecule has 1 aliphatic heterocycles. The molecule has 0 unspecified atom stereocenters. The molecule has 1 saturated heterocycles. The molecule has 1 fully saturated rings. The predicted molar refractivity (Wildman–Crippen MR) is 133 cm³/mol. The van der Waals surface area contributed by atoms with Gasteiger partial charge in [0.15, 0.2) is 5.11 Å². The van der Waals surface area contributed by atoms with Crippen LogP contribution >= 0.6 is 12.2 Å². The number of rotatable bonds is 7. The summed E-state index contributed by atoms with van der Waals surface area (Å²) in [7, 11) is 0. The standard InChI is InChI=1S/C26H20N4O5S/c31-24(32)16-11-15(12-17(13-16)25(33)34)20-7-8-21(35-20)23-22(19-6-2-4-10-28-19)29-26(36)30(23)14-18-5-1-3-9-27-18/h1-13,22-23H,14H2,(H,29,36)(H,31,32)(H,33,34)/t22-,23+/m1/s1. The van der Waals surface area contributed by atoms with E-state index < -0.39 is 11.9 Å². The van der Waals surface area contributed by atoms with Crippen molar-refractivity contribution in [2.24, 2.45) is 0 Å². The van der Waals surface area contributed by atoms with Crippen LogP contribution in [0.25, 0.3) is 11.3 Å². The van der Waals surface area contributed by atoms with E-state index in [2.05, 4.69) is 15.3 Å². The minimum Gasteiger partial charge on any atom is -0.478 e. The van der Waals surface area contributed by atoms with E-state index in [0.717, 1.165) is 17.5 Å². The number of benzene rings is 1. The lowest BCUT2D eigenvalue weighted by Crippen LogP contribution is -2.29. The summed E-state index contributed by atoms with van der Waals surface area (Å²) in [6.07, 6.45) is 3.42. The molecule has 3 N–H and O–H groups in total. The first-order chi connectivity index (χ1) is 17.4. The lowest BCUT2D eigenvalue weighted by atomic mass is 10.0. The van der Waals surface area contributed by atoms with Crippen molar-refractivity contribution >= 4 is 29.3 Å². The number of carboxylic acids is 2. The van der Waals surface area contributed by atoms with Crippen molar-refractivity contribution in [3.05, 3.63) is 107 Å². The van der Waals surface area contributed by atoms with Gasteiger partial charge in [-0.3, -0.25) is 9.97 Å². The third kappa shape index (κ3) is 4.53. The van der Waals surface area contributed by atoms with Crippen LogP contribution in [0.2, 0.25) is 0 Å². The predicted octanol–water partition coefficient (Wildman–Crippen LogP) is 4.31. The number of furan rings is 1. The maximum absolute atomic E-state index is 11.6. The van der Waals surface area contributed by atoms with Crippen molar-refractivity contribution in [3.8, 4) is 11.3 Å². The highest BCUT2D eigenvalue weighted by Gasteiger charge is 2.41. The normalized spacial score (nSPS) is 17.1. The molecule has 0 amide bonds. The molecule has 0 aliphatic carbocycles. The second-order valence-corrected chi connectivity index (χ2v) is 8.57. The van der Waals surface area contributed by atoms with Crippen LogP contribution in [-0.4, -0.2) is 42.1 Å². The van der Waals surface area contributed by atoms with E-state index in [1.54, 1.807) is 24.5 Å². The first-order valence-corrected chi connectivity index (χ1v) is 11.4. The van der Waals surface area contributed by atoms with Gasteiger partial charge < -0.3 is 24.8 Å². The number of carbonyl (C=O) groups is 2. The number of aromatic carboxylic acids is 2. The Morgan fingerprint density at radius 2 is 1.64 bits per heavy atom. The largest absolute Gasteiger partial charge is 0.478 e. The number of aromatic nitrogens is 2. The SMILES string of the molecule is O=C(O)c1cc(C(=O)O)cc(-c2ccc([C@H]3[C@@H](c4ccccn4)NC(=S)N3Cc3ccccn3)o2)c1. The van der Waals surface area contributed by atoms with Crippen molar-refractivity contribution in [1.82, 2.24) is 20.2 Å². The van der Waals surface area contributed by atoms with Crippen molar-refractivity contribution in [2.75, 3.05) is 0 Å². The van der Waals surface area contributed by atoms with Gasteiger partial charge in [0.25, 0.3) is 0 Å². The molecule has 0 saturated carbocycles. The fourth-order valence-corrected chi connectivity index (χ4v) is 4.54. The van der Waals surface area contributed by atoms with E-state index in [0.29, 0.717) is 28.7 Å². The first kappa shape index (κ1) is 23.2. The Bertz CT molecular complexity index is 1410. The lowest BCUT2D eigenvalue weighted by Gasteiger charge is -2.25. The van der Waals surface area contributed by atoms with Gasteiger partial charge in [-0.2, -0.15) is 0 Å². The minimum absolute atomic E-state index is 0.144. The smallest absolute Gasteiger partial charge is 0.335 e. The van der Waals surface area contributed by atoms with Crippen molar-refractivity contribution in [1.29, 1.82) is 0 Å². The van der Waals surface area contributed by atoms with Gasteiger partial charge in [-0.05, 0) is 66.8 Å². The zero-order valence-corrected chi connectivity index (χ0v) is 19.6. The van der Waals surface area contributed by atoms with Crippen LogP contribution < -0.4 is 5.32 Å². The molecule has 1 aromatic carbocycles. The second-order valence-electron chi connectivity index (χ2n) is 8.19. The molecule has 36 heavy (non-hydrogen) atoms. The molecule has 1 aliphatic rings. The van der Waals surface area contributed by atoms with E-state index in [4.69, 9.17) is 16.6 Å². The van der Waals surface area contributed by atoms with Gasteiger partial charge in [-0.1, -0.05) is 12.1 Å². The quantitative estimate of drug-likeness (QED) is 0.316. The van der Waals surface area contributed by atoms with Crippen LogP contribution in [0.15, 0.2) is 83.5 Å². The lowest BCUT2D eigenvalue weighted by molar-refractivity contribution is 0.0696. The van der Waals surface area contributed by atoms with E-state index in [1.165, 1.54) is 12.1 Å². The highest BCUT2D eigenvalue weighted by Crippen LogP contribution is 2.41. The fraction of sp³-hybridized carbons (Fsp3) is 0.115. The zero-order chi connectivity index (χ0) is 25.2. The Kier molecular flexibility index (Phi) is 6.17. The minimum atomic E-state index is -1.23. The van der Waals surface area contributed by atoms with Crippen molar-refractivity contribution in [3.63, 3.8) is 0 Å². The number of nitrogens with zero attached hydrogens (tertiary/aromatic N) is 3. The molecule has 2 atom stereocenters. The van der Waals surface area contributed by atoms with E-state index >= 15 is 0 Å². The monoisotopic (exact) mass is 500 g/mol. The molecule has 9 nitrogen and oxygen atoms in total. The molecule has 180 valence electrons. The van der Waals surface area contributed by atoms with Crippen molar-refractivity contribution in [2.45, 2.75) is 18.6 Å². The number of nitrogens with one attached hydrogen (secondary N) is 1. The topological polar surface area (TPSA) is 129 Å². The Morgan fingerprint density at radius 3 is 2.25 bits per heavy atom. The molecule has 5 rings (SSSR count). The molecule has 4 aromatic rings. The van der Waals surface area contributed by atoms with E-state index in [9.17, 15) is 19.8 Å². The maximum atomic E-state index is 11.6. The van der Waals surface area contributed by atoms with E-state index in [-0.39, 0.29) is 23.2 Å². The Morgan fingerprint density at radius 1 is 0.944 bits per heavy atom. The van der Waals surface area contributed by atoms with Crippen LogP contribution in [-0.2, 0) is 6.54 Å². The number of hydrogen-bond acceptors (Lipinski definition) is 6. The summed E-state index contributed by atoms with van der Waals surface area (Å²) >= 11 is 5.67. The maximum Gasteiger partial charge on any atom is 0.335 e. The summed E-state index contributed by atoms with van der Waals surface area (Å²) < 4.78 is 6.22. The van der Waals surface area contributed by atoms with Crippen molar-refractivity contribution < 1.29 is 24.2 Å². The first-order valence-electron chi connectivity index (χ1n) is 11.0. The third-order valence-corrected chi connectivity index (χ3v) is 6.24. The third-order valence-electron chi connectivity index (χ3n) is 5.89.